The molecule has 0 aromatic heterocycles. The third-order valence-corrected chi connectivity index (χ3v) is 4.92. The minimum Gasteiger partial charge on any atom is -0.495 e. The van der Waals surface area contributed by atoms with Crippen LogP contribution in [0.3, 0.4) is 0 Å². The second kappa shape index (κ2) is 6.24. The van der Waals surface area contributed by atoms with Gasteiger partial charge >= 0.3 is 0 Å². The fraction of sp³-hybridized carbons (Fsp3) is 0.200. The van der Waals surface area contributed by atoms with Gasteiger partial charge in [-0.2, -0.15) is 4.31 Å². The van der Waals surface area contributed by atoms with Gasteiger partial charge < -0.3 is 4.74 Å². The largest absolute Gasteiger partial charge is 0.495 e. The lowest BCUT2D eigenvalue weighted by molar-refractivity contribution is 0.397. The second-order valence-corrected chi connectivity index (χ2v) is 6.55. The number of para-hydroxylation sites is 1. The maximum absolute atomic E-state index is 12.9. The molecule has 2 aromatic rings. The number of methoxy groups -OCH3 is 1. The standard InChI is InChI=1S/C15H16FNO3S/c1-17(11-12-7-9-13(16)10-8-12)21(18,19)15-6-4-3-5-14(15)20-2/h3-10H,11H2,1-2H3. The Balaban J connectivity index is 2.28. The van der Waals surface area contributed by atoms with Gasteiger partial charge in [0.1, 0.15) is 16.5 Å². The van der Waals surface area contributed by atoms with Crippen LogP contribution in [0.1, 0.15) is 5.56 Å². The highest BCUT2D eigenvalue weighted by atomic mass is 32.2. The van der Waals surface area contributed by atoms with Crippen LogP contribution in [-0.4, -0.2) is 26.9 Å². The number of hydrogen-bond donors (Lipinski definition) is 0. The van der Waals surface area contributed by atoms with Gasteiger partial charge in [0.15, 0.2) is 0 Å². The van der Waals surface area contributed by atoms with E-state index in [1.54, 1.807) is 30.3 Å². The predicted octanol–water partition coefficient (Wildman–Crippen LogP) is 2.66. The van der Waals surface area contributed by atoms with Gasteiger partial charge in [-0.25, -0.2) is 12.8 Å². The van der Waals surface area contributed by atoms with Gasteiger partial charge in [-0.15, -0.1) is 0 Å². The zero-order chi connectivity index (χ0) is 15.5. The first kappa shape index (κ1) is 15.5. The van der Waals surface area contributed by atoms with E-state index < -0.39 is 10.0 Å². The Morgan fingerprint density at radius 1 is 1.10 bits per heavy atom. The molecule has 0 aliphatic heterocycles. The Kier molecular flexibility index (Phi) is 4.59. The van der Waals surface area contributed by atoms with Crippen LogP contribution < -0.4 is 4.74 Å². The molecule has 0 aliphatic carbocycles. The van der Waals surface area contributed by atoms with Gasteiger partial charge in [-0.05, 0) is 29.8 Å². The molecule has 6 heteroatoms. The van der Waals surface area contributed by atoms with E-state index in [1.165, 1.54) is 36.7 Å². The summed E-state index contributed by atoms with van der Waals surface area (Å²) in [4.78, 5) is 0.108. The Bertz CT molecular complexity index is 714. The van der Waals surface area contributed by atoms with E-state index in [4.69, 9.17) is 4.74 Å². The van der Waals surface area contributed by atoms with Crippen molar-refractivity contribution in [1.29, 1.82) is 0 Å². The van der Waals surface area contributed by atoms with Crippen LogP contribution in [-0.2, 0) is 16.6 Å². The average Bonchev–Trinajstić information content (AvgIpc) is 2.49. The first-order valence-electron chi connectivity index (χ1n) is 6.29. The number of nitrogens with zero attached hydrogens (tertiary/aromatic N) is 1. The highest BCUT2D eigenvalue weighted by Crippen LogP contribution is 2.26. The van der Waals surface area contributed by atoms with Gasteiger partial charge in [0.25, 0.3) is 0 Å². The van der Waals surface area contributed by atoms with Crippen LogP contribution in [0, 0.1) is 5.82 Å². The number of halogens is 1. The number of rotatable bonds is 5. The third kappa shape index (κ3) is 3.40. The van der Waals surface area contributed by atoms with E-state index >= 15 is 0 Å². The topological polar surface area (TPSA) is 46.6 Å². The monoisotopic (exact) mass is 309 g/mol. The van der Waals surface area contributed by atoms with Crippen molar-refractivity contribution in [3.05, 3.63) is 59.9 Å². The van der Waals surface area contributed by atoms with Gasteiger partial charge in [0, 0.05) is 13.6 Å². The fourth-order valence-corrected chi connectivity index (χ4v) is 3.24. The molecule has 4 nitrogen and oxygen atoms in total. The smallest absolute Gasteiger partial charge is 0.246 e. The van der Waals surface area contributed by atoms with E-state index in [9.17, 15) is 12.8 Å². The minimum atomic E-state index is -3.68. The highest BCUT2D eigenvalue weighted by Gasteiger charge is 2.24. The quantitative estimate of drug-likeness (QED) is 0.853. The van der Waals surface area contributed by atoms with Crippen LogP contribution in [0.4, 0.5) is 4.39 Å². The van der Waals surface area contributed by atoms with E-state index in [0.717, 1.165) is 0 Å². The summed E-state index contributed by atoms with van der Waals surface area (Å²) in [6.45, 7) is 0.153. The summed E-state index contributed by atoms with van der Waals surface area (Å²) in [5, 5.41) is 0. The molecule has 0 amide bonds. The fourth-order valence-electron chi connectivity index (χ4n) is 1.93. The lowest BCUT2D eigenvalue weighted by Gasteiger charge is -2.18. The van der Waals surface area contributed by atoms with Crippen molar-refractivity contribution in [3.63, 3.8) is 0 Å². The van der Waals surface area contributed by atoms with Crippen molar-refractivity contribution in [2.75, 3.05) is 14.2 Å². The van der Waals surface area contributed by atoms with Crippen molar-refractivity contribution < 1.29 is 17.5 Å². The number of ether oxygens (including phenoxy) is 1. The van der Waals surface area contributed by atoms with Crippen LogP contribution in [0.15, 0.2) is 53.4 Å². The summed E-state index contributed by atoms with van der Waals surface area (Å²) >= 11 is 0. The molecule has 21 heavy (non-hydrogen) atoms. The molecule has 0 bridgehead atoms. The summed E-state index contributed by atoms with van der Waals surface area (Å²) in [6.07, 6.45) is 0. The van der Waals surface area contributed by atoms with Gasteiger partial charge in [0.05, 0.1) is 7.11 Å². The SMILES string of the molecule is COc1ccccc1S(=O)(=O)N(C)Cc1ccc(F)cc1. The maximum atomic E-state index is 12.9. The molecule has 112 valence electrons. The first-order chi connectivity index (χ1) is 9.95. The van der Waals surface area contributed by atoms with Crippen LogP contribution >= 0.6 is 0 Å². The van der Waals surface area contributed by atoms with Crippen molar-refractivity contribution in [2.24, 2.45) is 0 Å². The lowest BCUT2D eigenvalue weighted by atomic mass is 10.2. The van der Waals surface area contributed by atoms with E-state index in [1.807, 2.05) is 0 Å². The molecule has 0 heterocycles. The summed E-state index contributed by atoms with van der Waals surface area (Å²) in [5.74, 6) is -0.0579. The molecule has 0 spiro atoms. The van der Waals surface area contributed by atoms with E-state index in [-0.39, 0.29) is 17.3 Å². The molecule has 0 saturated heterocycles. The van der Waals surface area contributed by atoms with Gasteiger partial charge in [-0.1, -0.05) is 24.3 Å². The molecule has 0 unspecified atom stereocenters. The molecule has 0 fully saturated rings. The zero-order valence-electron chi connectivity index (χ0n) is 11.8. The Morgan fingerprint density at radius 3 is 2.33 bits per heavy atom. The predicted molar refractivity (Wildman–Crippen MR) is 78.0 cm³/mol. The van der Waals surface area contributed by atoms with Crippen molar-refractivity contribution in [1.82, 2.24) is 4.31 Å². The Labute approximate surface area is 123 Å². The molecule has 0 radical (unpaired) electrons. The number of hydrogen-bond acceptors (Lipinski definition) is 3. The van der Waals surface area contributed by atoms with Gasteiger partial charge in [0.2, 0.25) is 10.0 Å². The van der Waals surface area contributed by atoms with Crippen molar-refractivity contribution in [2.45, 2.75) is 11.4 Å². The maximum Gasteiger partial charge on any atom is 0.246 e. The van der Waals surface area contributed by atoms with Crippen molar-refractivity contribution >= 4 is 10.0 Å². The normalized spacial score (nSPS) is 11.6. The van der Waals surface area contributed by atoms with Crippen LogP contribution in [0.2, 0.25) is 0 Å². The minimum absolute atomic E-state index is 0.108. The van der Waals surface area contributed by atoms with Gasteiger partial charge in [-0.3, -0.25) is 0 Å². The summed E-state index contributed by atoms with van der Waals surface area (Å²) < 4.78 is 44.3. The Morgan fingerprint density at radius 2 is 1.71 bits per heavy atom. The van der Waals surface area contributed by atoms with Crippen LogP contribution in [0.5, 0.6) is 5.75 Å². The highest BCUT2D eigenvalue weighted by molar-refractivity contribution is 7.89. The second-order valence-electron chi connectivity index (χ2n) is 4.54. The molecule has 2 rings (SSSR count). The summed E-state index contributed by atoms with van der Waals surface area (Å²) in [7, 11) is -0.773. The summed E-state index contributed by atoms with van der Waals surface area (Å²) in [5.41, 5.74) is 0.706. The number of benzene rings is 2. The zero-order valence-corrected chi connectivity index (χ0v) is 12.6. The molecular weight excluding hydrogens is 293 g/mol. The molecule has 0 N–H and O–H groups in total. The molecule has 0 aliphatic rings. The molecular formula is C15H16FNO3S. The van der Waals surface area contributed by atoms with E-state index in [0.29, 0.717) is 11.3 Å². The molecule has 0 saturated carbocycles. The molecule has 0 atom stereocenters. The van der Waals surface area contributed by atoms with E-state index in [2.05, 4.69) is 0 Å². The molecule has 2 aromatic carbocycles. The van der Waals surface area contributed by atoms with Crippen LogP contribution in [0.25, 0.3) is 0 Å². The first-order valence-corrected chi connectivity index (χ1v) is 7.73. The van der Waals surface area contributed by atoms with Crippen molar-refractivity contribution in [3.8, 4) is 5.75 Å². The lowest BCUT2D eigenvalue weighted by Crippen LogP contribution is -2.26. The number of sulfonamides is 1. The average molecular weight is 309 g/mol. The Hall–Kier alpha value is -1.92. The third-order valence-electron chi connectivity index (χ3n) is 3.08. The summed E-state index contributed by atoms with van der Waals surface area (Å²) in [6, 6.07) is 12.2.